The number of aromatic nitrogens is 3. The van der Waals surface area contributed by atoms with Gasteiger partial charge in [0.15, 0.2) is 5.89 Å². The van der Waals surface area contributed by atoms with Crippen molar-refractivity contribution in [3.8, 4) is 10.6 Å². The van der Waals surface area contributed by atoms with E-state index in [-0.39, 0.29) is 17.6 Å². The van der Waals surface area contributed by atoms with E-state index >= 15 is 0 Å². The van der Waals surface area contributed by atoms with Crippen LogP contribution < -0.4 is 0 Å². The highest BCUT2D eigenvalue weighted by molar-refractivity contribution is 7.13. The van der Waals surface area contributed by atoms with Crippen LogP contribution in [-0.4, -0.2) is 38.8 Å². The number of nitrogens with zero attached hydrogens (tertiary/aromatic N) is 4. The number of carbonyl (C=O) groups excluding carboxylic acids is 1. The number of hydrogen-bond acceptors (Lipinski definition) is 6. The van der Waals surface area contributed by atoms with Crippen molar-refractivity contribution in [1.82, 2.24) is 19.9 Å². The number of hydrogen-bond donors (Lipinski definition) is 0. The van der Waals surface area contributed by atoms with Gasteiger partial charge in [0.2, 0.25) is 0 Å². The molecule has 1 amide bonds. The number of amides is 1. The summed E-state index contributed by atoms with van der Waals surface area (Å²) in [7, 11) is 0. The number of pyridine rings is 1. The van der Waals surface area contributed by atoms with Crippen LogP contribution in [0.5, 0.6) is 0 Å². The fourth-order valence-electron chi connectivity index (χ4n) is 4.18. The lowest BCUT2D eigenvalue weighted by atomic mass is 9.97. The first-order valence-electron chi connectivity index (χ1n) is 10.9. The van der Waals surface area contributed by atoms with Crippen molar-refractivity contribution in [2.24, 2.45) is 0 Å². The Labute approximate surface area is 195 Å². The van der Waals surface area contributed by atoms with E-state index < -0.39 is 0 Å². The molecule has 4 aromatic rings. The van der Waals surface area contributed by atoms with E-state index in [1.165, 1.54) is 23.5 Å². The minimum atomic E-state index is -0.257. The maximum absolute atomic E-state index is 13.3. The van der Waals surface area contributed by atoms with Crippen molar-refractivity contribution < 1.29 is 13.6 Å². The first-order valence-corrected chi connectivity index (χ1v) is 11.8. The van der Waals surface area contributed by atoms with Crippen LogP contribution in [0.2, 0.25) is 0 Å². The molecule has 33 heavy (non-hydrogen) atoms. The molecule has 1 saturated heterocycles. The number of halogens is 1. The molecule has 168 valence electrons. The number of thiazole rings is 1. The number of oxazole rings is 1. The summed E-state index contributed by atoms with van der Waals surface area (Å²) in [6.45, 7) is 3.21. The molecule has 6 nitrogen and oxygen atoms in total. The Bertz CT molecular complexity index is 1270. The number of aryl methyl sites for hydroxylation is 1. The standard InChI is InChI=1S/C25H23FN4O2S/c1-16-23(33-15-29-16)22-12-18(8-9-27-22)25(31)30-10-2-3-19(14-30)24-28-13-21(32-24)11-17-4-6-20(26)7-5-17/h4-9,12-13,15,19H,2-3,10-11,14H2,1H3. The summed E-state index contributed by atoms with van der Waals surface area (Å²) in [6.07, 6.45) is 5.77. The molecule has 0 N–H and O–H groups in total. The van der Waals surface area contributed by atoms with Gasteiger partial charge >= 0.3 is 0 Å². The molecule has 1 aliphatic rings. The second-order valence-electron chi connectivity index (χ2n) is 8.26. The molecule has 0 bridgehead atoms. The van der Waals surface area contributed by atoms with Crippen molar-refractivity contribution in [3.63, 3.8) is 0 Å². The first kappa shape index (κ1) is 21.5. The molecule has 8 heteroatoms. The number of carbonyl (C=O) groups is 1. The van der Waals surface area contributed by atoms with Gasteiger partial charge in [0.25, 0.3) is 5.91 Å². The van der Waals surface area contributed by atoms with Gasteiger partial charge in [-0.25, -0.2) is 14.4 Å². The zero-order valence-electron chi connectivity index (χ0n) is 18.2. The summed E-state index contributed by atoms with van der Waals surface area (Å²) < 4.78 is 19.1. The molecule has 0 saturated carbocycles. The van der Waals surface area contributed by atoms with Crippen molar-refractivity contribution in [3.05, 3.63) is 88.6 Å². The van der Waals surface area contributed by atoms with Gasteiger partial charge in [0, 0.05) is 31.3 Å². The van der Waals surface area contributed by atoms with E-state index in [9.17, 15) is 9.18 Å². The van der Waals surface area contributed by atoms with Gasteiger partial charge in [0.05, 0.1) is 33.9 Å². The van der Waals surface area contributed by atoms with E-state index in [0.29, 0.717) is 31.0 Å². The predicted octanol–water partition coefficient (Wildman–Crippen LogP) is 5.25. The molecule has 4 heterocycles. The Kier molecular flexibility index (Phi) is 6.00. The summed E-state index contributed by atoms with van der Waals surface area (Å²) in [6, 6.07) is 9.98. The maximum atomic E-state index is 13.3. The number of benzene rings is 1. The summed E-state index contributed by atoms with van der Waals surface area (Å²) >= 11 is 1.52. The molecular formula is C25H23FN4O2S. The molecule has 5 rings (SSSR count). The third-order valence-electron chi connectivity index (χ3n) is 5.91. The van der Waals surface area contributed by atoms with Crippen LogP contribution in [0.25, 0.3) is 10.6 Å². The molecule has 3 aromatic heterocycles. The third-order valence-corrected chi connectivity index (χ3v) is 6.86. The third kappa shape index (κ3) is 4.71. The van der Waals surface area contributed by atoms with Crippen molar-refractivity contribution >= 4 is 17.2 Å². The summed E-state index contributed by atoms with van der Waals surface area (Å²) in [4.78, 5) is 29.3. The average Bonchev–Trinajstić information content (AvgIpc) is 3.49. The van der Waals surface area contributed by atoms with Crippen LogP contribution in [0.1, 0.15) is 52.0 Å². The van der Waals surface area contributed by atoms with Crippen molar-refractivity contribution in [2.45, 2.75) is 32.1 Å². The highest BCUT2D eigenvalue weighted by Gasteiger charge is 2.28. The Morgan fingerprint density at radius 1 is 1.21 bits per heavy atom. The second kappa shape index (κ2) is 9.23. The Morgan fingerprint density at radius 3 is 2.85 bits per heavy atom. The zero-order chi connectivity index (χ0) is 22.8. The van der Waals surface area contributed by atoms with Gasteiger partial charge < -0.3 is 9.32 Å². The fraction of sp³-hybridized carbons (Fsp3) is 0.280. The minimum Gasteiger partial charge on any atom is -0.445 e. The topological polar surface area (TPSA) is 72.1 Å². The number of rotatable bonds is 5. The van der Waals surface area contributed by atoms with Gasteiger partial charge in [-0.15, -0.1) is 11.3 Å². The maximum Gasteiger partial charge on any atom is 0.254 e. The van der Waals surface area contributed by atoms with Crippen molar-refractivity contribution in [2.75, 3.05) is 13.1 Å². The lowest BCUT2D eigenvalue weighted by molar-refractivity contribution is 0.0698. The van der Waals surface area contributed by atoms with Gasteiger partial charge in [0.1, 0.15) is 11.6 Å². The van der Waals surface area contributed by atoms with Gasteiger partial charge in [-0.2, -0.15) is 0 Å². The number of piperidine rings is 1. The molecule has 1 unspecified atom stereocenters. The van der Waals surface area contributed by atoms with Crippen LogP contribution in [0.4, 0.5) is 4.39 Å². The predicted molar refractivity (Wildman–Crippen MR) is 124 cm³/mol. The van der Waals surface area contributed by atoms with E-state index in [1.807, 2.05) is 17.9 Å². The Hall–Kier alpha value is -3.39. The van der Waals surface area contributed by atoms with Crippen molar-refractivity contribution in [1.29, 1.82) is 0 Å². The van der Waals surface area contributed by atoms with E-state index in [0.717, 1.165) is 40.4 Å². The smallest absolute Gasteiger partial charge is 0.254 e. The highest BCUT2D eigenvalue weighted by Crippen LogP contribution is 2.29. The van der Waals surface area contributed by atoms with Crippen LogP contribution in [0.15, 0.2) is 58.7 Å². The minimum absolute atomic E-state index is 0.0105. The lowest BCUT2D eigenvalue weighted by Gasteiger charge is -2.31. The van der Waals surface area contributed by atoms with Crippen LogP contribution in [0, 0.1) is 12.7 Å². The highest BCUT2D eigenvalue weighted by atomic mass is 32.1. The lowest BCUT2D eigenvalue weighted by Crippen LogP contribution is -2.39. The van der Waals surface area contributed by atoms with E-state index in [4.69, 9.17) is 4.42 Å². The molecule has 1 fully saturated rings. The van der Waals surface area contributed by atoms with Gasteiger partial charge in [-0.05, 0) is 49.6 Å². The summed E-state index contributed by atoms with van der Waals surface area (Å²) in [5, 5.41) is 0. The molecule has 1 atom stereocenters. The molecule has 0 radical (unpaired) electrons. The molecule has 1 aromatic carbocycles. The van der Waals surface area contributed by atoms with Crippen LogP contribution >= 0.6 is 11.3 Å². The largest absolute Gasteiger partial charge is 0.445 e. The van der Waals surface area contributed by atoms with Gasteiger partial charge in [-0.3, -0.25) is 9.78 Å². The summed E-state index contributed by atoms with van der Waals surface area (Å²) in [5.74, 6) is 1.17. The fourth-order valence-corrected chi connectivity index (χ4v) is 4.95. The van der Waals surface area contributed by atoms with Crippen LogP contribution in [-0.2, 0) is 6.42 Å². The summed E-state index contributed by atoms with van der Waals surface area (Å²) in [5.41, 5.74) is 5.06. The molecule has 1 aliphatic heterocycles. The quantitative estimate of drug-likeness (QED) is 0.405. The average molecular weight is 463 g/mol. The monoisotopic (exact) mass is 462 g/mol. The molecule has 0 aliphatic carbocycles. The van der Waals surface area contributed by atoms with Gasteiger partial charge in [-0.1, -0.05) is 12.1 Å². The zero-order valence-corrected chi connectivity index (χ0v) is 19.0. The Morgan fingerprint density at radius 2 is 2.06 bits per heavy atom. The van der Waals surface area contributed by atoms with Crippen LogP contribution in [0.3, 0.4) is 0 Å². The molecular weight excluding hydrogens is 439 g/mol. The normalized spacial score (nSPS) is 16.2. The number of likely N-dealkylation sites (tertiary alicyclic amines) is 1. The van der Waals surface area contributed by atoms with E-state index in [2.05, 4.69) is 15.0 Å². The Balaban J connectivity index is 1.28. The SMILES string of the molecule is Cc1ncsc1-c1cc(C(=O)N2CCCC(c3ncc(Cc4ccc(F)cc4)o3)C2)ccn1. The molecule has 0 spiro atoms. The second-order valence-corrected chi connectivity index (χ2v) is 9.11. The first-order chi connectivity index (χ1) is 16.1. The van der Waals surface area contributed by atoms with E-state index in [1.54, 1.807) is 36.1 Å².